The molecule has 0 saturated carbocycles. The summed E-state index contributed by atoms with van der Waals surface area (Å²) in [5.41, 5.74) is 6.63. The number of aliphatic hydroxyl groups excluding tert-OH is 1. The van der Waals surface area contributed by atoms with Crippen molar-refractivity contribution in [2.45, 2.75) is 25.2 Å². The van der Waals surface area contributed by atoms with E-state index in [0.717, 1.165) is 6.42 Å². The van der Waals surface area contributed by atoms with E-state index >= 15 is 0 Å². The van der Waals surface area contributed by atoms with Crippen molar-refractivity contribution in [2.75, 3.05) is 0 Å². The first-order valence-electron chi connectivity index (χ1n) is 4.36. The Morgan fingerprint density at radius 3 is 2.31 bits per heavy atom. The standard InChI is InChI=1S/C10H15NO2/c11-9(10(12)13)7-6-8-4-2-1-3-5-8/h1-5,9-10,12-13H,6-7,11H2. The molecular formula is C10H15NO2. The largest absolute Gasteiger partial charge is 0.367 e. The Hall–Kier alpha value is -0.900. The lowest BCUT2D eigenvalue weighted by atomic mass is 10.1. The van der Waals surface area contributed by atoms with Gasteiger partial charge in [0.1, 0.15) is 0 Å². The number of hydrogen-bond donors (Lipinski definition) is 3. The molecule has 0 saturated heterocycles. The molecule has 0 aromatic heterocycles. The third kappa shape index (κ3) is 3.55. The maximum atomic E-state index is 8.73. The van der Waals surface area contributed by atoms with Crippen LogP contribution in [0, 0.1) is 0 Å². The Bertz CT molecular complexity index is 236. The summed E-state index contributed by atoms with van der Waals surface area (Å²) in [6.45, 7) is 0. The Balaban J connectivity index is 2.35. The lowest BCUT2D eigenvalue weighted by molar-refractivity contribution is -0.0594. The van der Waals surface area contributed by atoms with Crippen LogP contribution in [0.2, 0.25) is 0 Å². The summed E-state index contributed by atoms with van der Waals surface area (Å²) in [6, 6.07) is 9.30. The van der Waals surface area contributed by atoms with Gasteiger partial charge in [-0.15, -0.1) is 0 Å². The van der Waals surface area contributed by atoms with Crippen molar-refractivity contribution >= 4 is 0 Å². The average Bonchev–Trinajstić information content (AvgIpc) is 2.15. The van der Waals surface area contributed by atoms with Crippen LogP contribution < -0.4 is 5.73 Å². The summed E-state index contributed by atoms with van der Waals surface area (Å²) in [4.78, 5) is 0. The fraction of sp³-hybridized carbons (Fsp3) is 0.400. The molecule has 0 radical (unpaired) electrons. The summed E-state index contributed by atoms with van der Waals surface area (Å²) in [6.07, 6.45) is -0.0508. The fourth-order valence-corrected chi connectivity index (χ4v) is 1.13. The number of nitrogens with two attached hydrogens (primary N) is 1. The molecule has 0 bridgehead atoms. The highest BCUT2D eigenvalue weighted by Crippen LogP contribution is 2.04. The average molecular weight is 181 g/mol. The van der Waals surface area contributed by atoms with E-state index in [1.54, 1.807) is 0 Å². The fourth-order valence-electron chi connectivity index (χ4n) is 1.13. The smallest absolute Gasteiger partial charge is 0.166 e. The Morgan fingerprint density at radius 1 is 1.15 bits per heavy atom. The summed E-state index contributed by atoms with van der Waals surface area (Å²) >= 11 is 0. The summed E-state index contributed by atoms with van der Waals surface area (Å²) in [5, 5.41) is 17.5. The van der Waals surface area contributed by atoms with E-state index in [4.69, 9.17) is 15.9 Å². The van der Waals surface area contributed by atoms with E-state index in [2.05, 4.69) is 0 Å². The van der Waals surface area contributed by atoms with Gasteiger partial charge in [-0.2, -0.15) is 0 Å². The first-order chi connectivity index (χ1) is 6.20. The maximum absolute atomic E-state index is 8.73. The molecule has 3 nitrogen and oxygen atoms in total. The SMILES string of the molecule is NC(CCc1ccccc1)C(O)O. The molecule has 1 rings (SSSR count). The van der Waals surface area contributed by atoms with E-state index < -0.39 is 12.3 Å². The predicted molar refractivity (Wildman–Crippen MR) is 51.0 cm³/mol. The molecule has 0 aliphatic rings. The van der Waals surface area contributed by atoms with Crippen LogP contribution in [0.25, 0.3) is 0 Å². The van der Waals surface area contributed by atoms with E-state index in [1.807, 2.05) is 30.3 Å². The molecule has 0 aliphatic carbocycles. The molecule has 4 N–H and O–H groups in total. The number of aliphatic hydroxyl groups is 2. The van der Waals surface area contributed by atoms with Crippen molar-refractivity contribution in [3.05, 3.63) is 35.9 Å². The van der Waals surface area contributed by atoms with Crippen LogP contribution in [0.3, 0.4) is 0 Å². The van der Waals surface area contributed by atoms with E-state index in [1.165, 1.54) is 5.56 Å². The van der Waals surface area contributed by atoms with Crippen LogP contribution in [0.1, 0.15) is 12.0 Å². The molecule has 1 aromatic carbocycles. The molecular weight excluding hydrogens is 166 g/mol. The Labute approximate surface area is 77.8 Å². The van der Waals surface area contributed by atoms with Crippen molar-refractivity contribution in [1.29, 1.82) is 0 Å². The molecule has 1 unspecified atom stereocenters. The van der Waals surface area contributed by atoms with Gasteiger partial charge < -0.3 is 15.9 Å². The molecule has 0 heterocycles. The molecule has 0 fully saturated rings. The van der Waals surface area contributed by atoms with Gasteiger partial charge in [0.25, 0.3) is 0 Å². The normalized spacial score (nSPS) is 13.2. The molecule has 1 aromatic rings. The van der Waals surface area contributed by atoms with Crippen molar-refractivity contribution in [3.8, 4) is 0 Å². The maximum Gasteiger partial charge on any atom is 0.166 e. The summed E-state index contributed by atoms with van der Waals surface area (Å²) in [5.74, 6) is 0. The minimum atomic E-state index is -1.41. The third-order valence-electron chi connectivity index (χ3n) is 1.99. The molecule has 0 aliphatic heterocycles. The Kier molecular flexibility index (Phi) is 3.89. The second kappa shape index (κ2) is 4.97. The van der Waals surface area contributed by atoms with Crippen molar-refractivity contribution in [3.63, 3.8) is 0 Å². The van der Waals surface area contributed by atoms with Gasteiger partial charge in [-0.05, 0) is 18.4 Å². The lowest BCUT2D eigenvalue weighted by Crippen LogP contribution is -2.34. The molecule has 1 atom stereocenters. The highest BCUT2D eigenvalue weighted by Gasteiger charge is 2.09. The third-order valence-corrected chi connectivity index (χ3v) is 1.99. The number of aryl methyl sites for hydroxylation is 1. The van der Waals surface area contributed by atoms with Gasteiger partial charge >= 0.3 is 0 Å². The number of benzene rings is 1. The van der Waals surface area contributed by atoms with Crippen LogP contribution in [-0.2, 0) is 6.42 Å². The topological polar surface area (TPSA) is 66.5 Å². The molecule has 13 heavy (non-hydrogen) atoms. The lowest BCUT2D eigenvalue weighted by Gasteiger charge is -2.12. The van der Waals surface area contributed by atoms with Gasteiger partial charge in [-0.1, -0.05) is 30.3 Å². The molecule has 3 heteroatoms. The van der Waals surface area contributed by atoms with E-state index in [9.17, 15) is 0 Å². The Morgan fingerprint density at radius 2 is 1.77 bits per heavy atom. The van der Waals surface area contributed by atoms with Crippen LogP contribution >= 0.6 is 0 Å². The van der Waals surface area contributed by atoms with Crippen LogP contribution in [0.15, 0.2) is 30.3 Å². The second-order valence-electron chi connectivity index (χ2n) is 3.10. The van der Waals surface area contributed by atoms with Crippen molar-refractivity contribution in [1.82, 2.24) is 0 Å². The van der Waals surface area contributed by atoms with Gasteiger partial charge in [0.15, 0.2) is 6.29 Å². The van der Waals surface area contributed by atoms with Crippen molar-refractivity contribution in [2.24, 2.45) is 5.73 Å². The van der Waals surface area contributed by atoms with E-state index in [-0.39, 0.29) is 0 Å². The van der Waals surface area contributed by atoms with Crippen LogP contribution in [0.5, 0.6) is 0 Å². The molecule has 72 valence electrons. The van der Waals surface area contributed by atoms with Gasteiger partial charge in [0.05, 0.1) is 6.04 Å². The number of rotatable bonds is 4. The summed E-state index contributed by atoms with van der Waals surface area (Å²) in [7, 11) is 0. The highest BCUT2D eigenvalue weighted by molar-refractivity contribution is 5.14. The predicted octanol–water partition coefficient (Wildman–Crippen LogP) is 0.257. The zero-order valence-electron chi connectivity index (χ0n) is 7.43. The minimum absolute atomic E-state index is 0.555. The van der Waals surface area contributed by atoms with Gasteiger partial charge in [-0.3, -0.25) is 0 Å². The van der Waals surface area contributed by atoms with Crippen LogP contribution in [0.4, 0.5) is 0 Å². The molecule has 0 spiro atoms. The summed E-state index contributed by atoms with van der Waals surface area (Å²) < 4.78 is 0. The minimum Gasteiger partial charge on any atom is -0.367 e. The van der Waals surface area contributed by atoms with Gasteiger partial charge in [0, 0.05) is 0 Å². The van der Waals surface area contributed by atoms with Crippen molar-refractivity contribution < 1.29 is 10.2 Å². The molecule has 0 amide bonds. The first-order valence-corrected chi connectivity index (χ1v) is 4.36. The first kappa shape index (κ1) is 10.2. The number of hydrogen-bond acceptors (Lipinski definition) is 3. The zero-order valence-corrected chi connectivity index (χ0v) is 7.43. The quantitative estimate of drug-likeness (QED) is 0.584. The van der Waals surface area contributed by atoms with Crippen LogP contribution in [-0.4, -0.2) is 22.5 Å². The van der Waals surface area contributed by atoms with Gasteiger partial charge in [0.2, 0.25) is 0 Å². The van der Waals surface area contributed by atoms with Gasteiger partial charge in [-0.25, -0.2) is 0 Å². The van der Waals surface area contributed by atoms with E-state index in [0.29, 0.717) is 6.42 Å². The highest BCUT2D eigenvalue weighted by atomic mass is 16.5. The second-order valence-corrected chi connectivity index (χ2v) is 3.10. The zero-order chi connectivity index (χ0) is 9.68. The monoisotopic (exact) mass is 181 g/mol.